The Bertz CT molecular complexity index is 952. The zero-order chi connectivity index (χ0) is 18.8. The van der Waals surface area contributed by atoms with Crippen LogP contribution in [0.5, 0.6) is 0 Å². The average Bonchev–Trinajstić information content (AvgIpc) is 3.05. The average molecular weight is 380 g/mol. The van der Waals surface area contributed by atoms with Gasteiger partial charge >= 0.3 is 0 Å². The number of hydrogen-bond acceptors (Lipinski definition) is 5. The smallest absolute Gasteiger partial charge is 0.186 e. The number of aromatic nitrogens is 1. The fourth-order valence-electron chi connectivity index (χ4n) is 3.81. The number of benzene rings is 2. The molecular weight excluding hydrogens is 354 g/mol. The minimum absolute atomic E-state index is 0.429. The molecule has 1 aliphatic heterocycles. The van der Waals surface area contributed by atoms with Gasteiger partial charge in [0.1, 0.15) is 6.29 Å². The molecule has 0 saturated carbocycles. The summed E-state index contributed by atoms with van der Waals surface area (Å²) < 4.78 is 1.27. The third-order valence-electron chi connectivity index (χ3n) is 5.21. The van der Waals surface area contributed by atoms with Gasteiger partial charge in [0.15, 0.2) is 5.13 Å². The second-order valence-corrected chi connectivity index (χ2v) is 8.44. The number of rotatable bonds is 5. The predicted octanol–water partition coefficient (Wildman–Crippen LogP) is 4.06. The molecule has 4 rings (SSSR count). The van der Waals surface area contributed by atoms with Crippen molar-refractivity contribution in [3.8, 4) is 0 Å². The van der Waals surface area contributed by atoms with Crippen molar-refractivity contribution < 1.29 is 4.79 Å². The Morgan fingerprint density at radius 2 is 2.04 bits per heavy atom. The van der Waals surface area contributed by atoms with Crippen molar-refractivity contribution in [2.45, 2.75) is 32.9 Å². The zero-order valence-corrected chi connectivity index (χ0v) is 16.7. The van der Waals surface area contributed by atoms with Crippen molar-refractivity contribution in [1.29, 1.82) is 0 Å². The first-order valence-corrected chi connectivity index (χ1v) is 10.3. The lowest BCUT2D eigenvalue weighted by atomic mass is 10.1. The Hall–Kier alpha value is -2.24. The summed E-state index contributed by atoms with van der Waals surface area (Å²) in [6.45, 7) is 8.39. The normalized spacial score (nSPS) is 18.1. The van der Waals surface area contributed by atoms with E-state index in [2.05, 4.69) is 60.0 Å². The Labute approximate surface area is 164 Å². The van der Waals surface area contributed by atoms with Crippen molar-refractivity contribution >= 4 is 33.0 Å². The molecule has 1 saturated heterocycles. The standard InChI is InChI=1S/C22H25N3OS/c1-16-6-7-20-21(12-16)27-22(23-20)25-10-9-24(14-17(25)2)15-19-5-3-4-18(13-19)8-11-26/h3-7,11-13,17H,8-10,14-15H2,1-2H3. The quantitative estimate of drug-likeness (QED) is 0.627. The Kier molecular flexibility index (Phi) is 5.23. The molecule has 2 heterocycles. The summed E-state index contributed by atoms with van der Waals surface area (Å²) in [7, 11) is 0. The van der Waals surface area contributed by atoms with E-state index in [1.54, 1.807) is 11.3 Å². The molecule has 0 aliphatic carbocycles. The number of anilines is 1. The van der Waals surface area contributed by atoms with Crippen molar-refractivity contribution in [3.05, 3.63) is 59.2 Å². The number of piperazine rings is 1. The van der Waals surface area contributed by atoms with Crippen LogP contribution in [-0.2, 0) is 17.8 Å². The molecule has 27 heavy (non-hydrogen) atoms. The number of carbonyl (C=O) groups is 1. The molecule has 140 valence electrons. The van der Waals surface area contributed by atoms with Gasteiger partial charge in [-0.3, -0.25) is 4.90 Å². The van der Waals surface area contributed by atoms with Crippen LogP contribution >= 0.6 is 11.3 Å². The van der Waals surface area contributed by atoms with E-state index in [1.807, 2.05) is 6.07 Å². The van der Waals surface area contributed by atoms with Crippen molar-refractivity contribution in [2.75, 3.05) is 24.5 Å². The molecule has 3 aromatic rings. The van der Waals surface area contributed by atoms with Gasteiger partial charge in [0.2, 0.25) is 0 Å². The van der Waals surface area contributed by atoms with Crippen LogP contribution in [0.15, 0.2) is 42.5 Å². The second-order valence-electron chi connectivity index (χ2n) is 7.44. The van der Waals surface area contributed by atoms with E-state index < -0.39 is 0 Å². The SMILES string of the molecule is Cc1ccc2nc(N3CCN(Cc4cccc(CC=O)c4)CC3C)sc2c1. The Morgan fingerprint density at radius 3 is 2.85 bits per heavy atom. The number of aldehydes is 1. The fraction of sp³-hybridized carbons (Fsp3) is 0.364. The first-order valence-electron chi connectivity index (χ1n) is 9.50. The van der Waals surface area contributed by atoms with E-state index in [0.717, 1.165) is 48.7 Å². The largest absolute Gasteiger partial charge is 0.343 e. The first-order chi connectivity index (χ1) is 13.1. The van der Waals surface area contributed by atoms with Gasteiger partial charge in [-0.1, -0.05) is 41.7 Å². The molecule has 0 amide bonds. The minimum atomic E-state index is 0.429. The molecule has 0 bridgehead atoms. The topological polar surface area (TPSA) is 36.4 Å². The zero-order valence-electron chi connectivity index (χ0n) is 15.9. The molecule has 1 aromatic heterocycles. The lowest BCUT2D eigenvalue weighted by Gasteiger charge is -2.39. The lowest BCUT2D eigenvalue weighted by Crippen LogP contribution is -2.51. The predicted molar refractivity (Wildman–Crippen MR) is 113 cm³/mol. The van der Waals surface area contributed by atoms with Crippen LogP contribution in [0.1, 0.15) is 23.6 Å². The van der Waals surface area contributed by atoms with Crippen LogP contribution in [0.4, 0.5) is 5.13 Å². The van der Waals surface area contributed by atoms with E-state index in [1.165, 1.54) is 15.8 Å². The first kappa shape index (κ1) is 18.1. The number of fused-ring (bicyclic) bond motifs is 1. The van der Waals surface area contributed by atoms with Crippen molar-refractivity contribution in [2.24, 2.45) is 0 Å². The molecule has 1 fully saturated rings. The van der Waals surface area contributed by atoms with Crippen LogP contribution in [0.25, 0.3) is 10.2 Å². The van der Waals surface area contributed by atoms with Crippen LogP contribution in [0.3, 0.4) is 0 Å². The van der Waals surface area contributed by atoms with E-state index in [0.29, 0.717) is 12.5 Å². The molecule has 1 unspecified atom stereocenters. The molecule has 4 nitrogen and oxygen atoms in total. The summed E-state index contributed by atoms with van der Waals surface area (Å²) in [4.78, 5) is 20.6. The number of carbonyl (C=O) groups excluding carboxylic acids is 1. The van der Waals surface area contributed by atoms with Gasteiger partial charge < -0.3 is 9.69 Å². The summed E-state index contributed by atoms with van der Waals surface area (Å²) in [5.41, 5.74) is 4.76. The van der Waals surface area contributed by atoms with Crippen molar-refractivity contribution in [3.63, 3.8) is 0 Å². The molecule has 1 atom stereocenters. The number of hydrogen-bond donors (Lipinski definition) is 0. The summed E-state index contributed by atoms with van der Waals surface area (Å²) in [6.07, 6.45) is 1.47. The highest BCUT2D eigenvalue weighted by Gasteiger charge is 2.26. The summed E-state index contributed by atoms with van der Waals surface area (Å²) in [6, 6.07) is 15.3. The van der Waals surface area contributed by atoms with E-state index in [-0.39, 0.29) is 0 Å². The minimum Gasteiger partial charge on any atom is -0.343 e. The van der Waals surface area contributed by atoms with E-state index in [9.17, 15) is 4.79 Å². The van der Waals surface area contributed by atoms with Crippen molar-refractivity contribution in [1.82, 2.24) is 9.88 Å². The third-order valence-corrected chi connectivity index (χ3v) is 6.26. The Morgan fingerprint density at radius 1 is 1.19 bits per heavy atom. The fourth-order valence-corrected chi connectivity index (χ4v) is 5.01. The third kappa shape index (κ3) is 4.04. The molecule has 1 aliphatic rings. The van der Waals surface area contributed by atoms with Gasteiger partial charge in [-0.2, -0.15) is 0 Å². The maximum absolute atomic E-state index is 10.8. The highest BCUT2D eigenvalue weighted by Crippen LogP contribution is 2.31. The monoisotopic (exact) mass is 379 g/mol. The van der Waals surface area contributed by atoms with Gasteiger partial charge in [-0.15, -0.1) is 0 Å². The summed E-state index contributed by atoms with van der Waals surface area (Å²) >= 11 is 1.80. The van der Waals surface area contributed by atoms with E-state index in [4.69, 9.17) is 4.98 Å². The molecule has 0 N–H and O–H groups in total. The lowest BCUT2D eigenvalue weighted by molar-refractivity contribution is -0.107. The van der Waals surface area contributed by atoms with Crippen LogP contribution in [0, 0.1) is 6.92 Å². The number of nitrogens with zero attached hydrogens (tertiary/aromatic N) is 3. The summed E-state index contributed by atoms with van der Waals surface area (Å²) in [5.74, 6) is 0. The molecular formula is C22H25N3OS. The van der Waals surface area contributed by atoms with Gasteiger partial charge in [0.05, 0.1) is 10.2 Å². The molecule has 0 spiro atoms. The number of thiazole rings is 1. The second kappa shape index (κ2) is 7.79. The maximum Gasteiger partial charge on any atom is 0.186 e. The molecule has 2 aromatic carbocycles. The maximum atomic E-state index is 10.8. The van der Waals surface area contributed by atoms with Gasteiger partial charge in [-0.25, -0.2) is 4.98 Å². The number of aryl methyl sites for hydroxylation is 1. The van der Waals surface area contributed by atoms with Gasteiger partial charge in [0.25, 0.3) is 0 Å². The highest BCUT2D eigenvalue weighted by atomic mass is 32.1. The molecule has 5 heteroatoms. The Balaban J connectivity index is 1.44. The van der Waals surface area contributed by atoms with E-state index >= 15 is 0 Å². The van der Waals surface area contributed by atoms with Crippen LogP contribution in [0.2, 0.25) is 0 Å². The van der Waals surface area contributed by atoms with Crippen LogP contribution < -0.4 is 4.90 Å². The molecule has 0 radical (unpaired) electrons. The van der Waals surface area contributed by atoms with Crippen LogP contribution in [-0.4, -0.2) is 41.8 Å². The van der Waals surface area contributed by atoms with Gasteiger partial charge in [0, 0.05) is 38.6 Å². The highest BCUT2D eigenvalue weighted by molar-refractivity contribution is 7.22. The van der Waals surface area contributed by atoms with Gasteiger partial charge in [-0.05, 0) is 42.7 Å². The summed E-state index contributed by atoms with van der Waals surface area (Å²) in [5, 5.41) is 1.13.